The molecule has 0 unspecified atom stereocenters. The van der Waals surface area contributed by atoms with E-state index in [2.05, 4.69) is 23.8 Å². The number of ether oxygens (including phenoxy) is 3. The average Bonchev–Trinajstić information content (AvgIpc) is 3.22. The molecule has 0 heterocycles. The molecule has 0 bridgehead atoms. The van der Waals surface area contributed by atoms with Gasteiger partial charge in [0.2, 0.25) is 11.8 Å². The first kappa shape index (κ1) is 43.2. The van der Waals surface area contributed by atoms with Gasteiger partial charge in [-0.1, -0.05) is 115 Å². The first-order valence-corrected chi connectivity index (χ1v) is 19.4. The van der Waals surface area contributed by atoms with E-state index in [9.17, 15) is 19.5 Å². The Morgan fingerprint density at radius 2 is 1.27 bits per heavy atom. The van der Waals surface area contributed by atoms with Gasteiger partial charge in [-0.2, -0.15) is 0 Å². The Morgan fingerprint density at radius 1 is 0.661 bits per heavy atom. The molecule has 9 heteroatoms. The first-order valence-electron chi connectivity index (χ1n) is 19.4. The lowest BCUT2D eigenvalue weighted by Gasteiger charge is -2.24. The largest absolute Gasteiger partial charge is 0.489 e. The van der Waals surface area contributed by atoms with Crippen molar-refractivity contribution in [3.05, 3.63) is 163 Å². The van der Waals surface area contributed by atoms with Gasteiger partial charge in [-0.15, -0.1) is 13.2 Å². The predicted octanol–water partition coefficient (Wildman–Crippen LogP) is 7.33. The minimum absolute atomic E-state index is 0.0867. The molecule has 0 aliphatic heterocycles. The highest BCUT2D eigenvalue weighted by Crippen LogP contribution is 2.19. The number of unbranched alkanes of at least 4 members (excludes halogenated alkanes) is 1. The number of carbonyl (C=O) groups excluding carboxylic acids is 3. The zero-order valence-electron chi connectivity index (χ0n) is 32.2. The van der Waals surface area contributed by atoms with Crippen molar-refractivity contribution in [1.82, 2.24) is 10.6 Å². The number of hydrogen-bond donors (Lipinski definition) is 3. The van der Waals surface area contributed by atoms with Gasteiger partial charge in [-0.05, 0) is 72.9 Å². The highest BCUT2D eigenvalue weighted by atomic mass is 16.5. The predicted molar refractivity (Wildman–Crippen MR) is 220 cm³/mol. The summed E-state index contributed by atoms with van der Waals surface area (Å²) >= 11 is 0. The van der Waals surface area contributed by atoms with Crippen molar-refractivity contribution in [1.29, 1.82) is 0 Å². The van der Waals surface area contributed by atoms with Crippen LogP contribution in [-0.4, -0.2) is 54.8 Å². The van der Waals surface area contributed by atoms with Crippen LogP contribution in [0.15, 0.2) is 141 Å². The van der Waals surface area contributed by atoms with Crippen LogP contribution in [0.4, 0.5) is 0 Å². The Balaban J connectivity index is 1.34. The molecule has 0 aromatic heterocycles. The number of benzene rings is 4. The van der Waals surface area contributed by atoms with Crippen LogP contribution in [0.3, 0.4) is 0 Å². The Bertz CT molecular complexity index is 1750. The molecule has 4 aromatic carbocycles. The fraction of sp³-hybridized carbons (Fsp3) is 0.340. The van der Waals surface area contributed by atoms with Gasteiger partial charge in [0.05, 0.1) is 43.7 Å². The van der Waals surface area contributed by atoms with E-state index in [1.165, 1.54) is 0 Å². The third kappa shape index (κ3) is 16.1. The van der Waals surface area contributed by atoms with Crippen molar-refractivity contribution in [2.75, 3.05) is 19.8 Å². The van der Waals surface area contributed by atoms with Crippen LogP contribution in [-0.2, 0) is 49.9 Å². The topological polar surface area (TPSA) is 123 Å². The van der Waals surface area contributed by atoms with E-state index in [1.54, 1.807) is 6.08 Å². The Morgan fingerprint density at radius 3 is 1.88 bits per heavy atom. The van der Waals surface area contributed by atoms with Crippen molar-refractivity contribution >= 4 is 17.8 Å². The van der Waals surface area contributed by atoms with Gasteiger partial charge in [0.25, 0.3) is 0 Å². The van der Waals surface area contributed by atoms with Gasteiger partial charge >= 0.3 is 5.97 Å². The average molecular weight is 761 g/mol. The van der Waals surface area contributed by atoms with Gasteiger partial charge in [-0.3, -0.25) is 14.4 Å². The second-order valence-electron chi connectivity index (χ2n) is 13.9. The van der Waals surface area contributed by atoms with Gasteiger partial charge in [0, 0.05) is 6.42 Å². The number of aliphatic hydroxyl groups excluding tert-OH is 1. The fourth-order valence-electron chi connectivity index (χ4n) is 6.26. The quantitative estimate of drug-likeness (QED) is 0.0348. The van der Waals surface area contributed by atoms with Crippen LogP contribution in [0.2, 0.25) is 0 Å². The van der Waals surface area contributed by atoms with E-state index in [-0.39, 0.29) is 56.4 Å². The third-order valence-corrected chi connectivity index (χ3v) is 9.32. The maximum absolute atomic E-state index is 13.7. The number of esters is 1. The lowest BCUT2D eigenvalue weighted by Crippen LogP contribution is -2.46. The van der Waals surface area contributed by atoms with E-state index in [0.717, 1.165) is 40.8 Å². The zero-order chi connectivity index (χ0) is 39.8. The molecular weight excluding hydrogens is 705 g/mol. The molecule has 0 radical (unpaired) electrons. The molecule has 9 nitrogen and oxygen atoms in total. The maximum atomic E-state index is 13.7. The standard InChI is InChI=1S/C47H56N2O7/c1-3-5-9-23-41(28-36-17-10-6-11-18-36)47(53)56-35-43(34-54-32-38-19-12-7-13-20-38)49-46(52)40(16-4-2)30-45(51)48-42(31-50)29-37-24-26-44(27-25-37)55-33-39-21-14-8-15-22-39/h3-4,6-8,10-15,17-22,24-27,40-43,50H,1-2,5,9,16,23,28-35H2,(H,48,51)(H,49,52)/t40-,41-,42+,43+/m1/s1. The van der Waals surface area contributed by atoms with E-state index in [0.29, 0.717) is 32.5 Å². The SMILES string of the molecule is C=CCCC[C@H](Cc1ccccc1)C(=O)OC[C@H](COCc1ccccc1)NC(=O)[C@H](CC=C)CC(=O)N[C@H](CO)Cc1ccc(OCc2ccccc2)cc1. The molecule has 4 rings (SSSR count). The third-order valence-electron chi connectivity index (χ3n) is 9.32. The summed E-state index contributed by atoms with van der Waals surface area (Å²) in [5.74, 6) is -1.49. The number of rotatable bonds is 26. The van der Waals surface area contributed by atoms with Crippen molar-refractivity contribution in [3.8, 4) is 5.75 Å². The zero-order valence-corrected chi connectivity index (χ0v) is 32.2. The van der Waals surface area contributed by atoms with Crippen LogP contribution in [0.5, 0.6) is 5.75 Å². The van der Waals surface area contributed by atoms with Crippen LogP contribution in [0.1, 0.15) is 54.4 Å². The first-order chi connectivity index (χ1) is 27.4. The summed E-state index contributed by atoms with van der Waals surface area (Å²) in [6.07, 6.45) is 6.72. The molecule has 0 fully saturated rings. The molecule has 2 amide bonds. The summed E-state index contributed by atoms with van der Waals surface area (Å²) in [4.78, 5) is 40.5. The molecule has 296 valence electrons. The van der Waals surface area contributed by atoms with Crippen molar-refractivity contribution in [2.45, 2.75) is 70.2 Å². The van der Waals surface area contributed by atoms with Crippen molar-refractivity contribution < 1.29 is 33.7 Å². The molecule has 56 heavy (non-hydrogen) atoms. The van der Waals surface area contributed by atoms with Crippen LogP contribution >= 0.6 is 0 Å². The number of amides is 2. The van der Waals surface area contributed by atoms with Gasteiger partial charge in [-0.25, -0.2) is 0 Å². The second-order valence-corrected chi connectivity index (χ2v) is 13.9. The number of nitrogens with one attached hydrogen (secondary N) is 2. The monoisotopic (exact) mass is 760 g/mol. The summed E-state index contributed by atoms with van der Waals surface area (Å²) < 4.78 is 17.7. The maximum Gasteiger partial charge on any atom is 0.309 e. The molecule has 0 spiro atoms. The molecule has 3 N–H and O–H groups in total. The molecular formula is C47H56N2O7. The lowest BCUT2D eigenvalue weighted by molar-refractivity contribution is -0.150. The summed E-state index contributed by atoms with van der Waals surface area (Å²) in [6.45, 7) is 8.08. The van der Waals surface area contributed by atoms with E-state index in [1.807, 2.05) is 121 Å². The van der Waals surface area contributed by atoms with E-state index < -0.39 is 18.0 Å². The Kier molecular flexibility index (Phi) is 19.1. The normalized spacial score (nSPS) is 13.0. The Hall–Kier alpha value is -5.51. The second kappa shape index (κ2) is 24.8. The van der Waals surface area contributed by atoms with Crippen LogP contribution < -0.4 is 15.4 Å². The summed E-state index contributed by atoms with van der Waals surface area (Å²) in [5.41, 5.74) is 3.99. The molecule has 4 aromatic rings. The fourth-order valence-corrected chi connectivity index (χ4v) is 6.26. The number of hydrogen-bond acceptors (Lipinski definition) is 7. The molecule has 0 saturated carbocycles. The van der Waals surface area contributed by atoms with Crippen molar-refractivity contribution in [3.63, 3.8) is 0 Å². The number of carbonyl (C=O) groups is 3. The summed E-state index contributed by atoms with van der Waals surface area (Å²) in [5, 5.41) is 16.0. The molecule has 0 aliphatic rings. The minimum Gasteiger partial charge on any atom is -0.489 e. The molecule has 0 aliphatic carbocycles. The van der Waals surface area contributed by atoms with Gasteiger partial charge in [0.15, 0.2) is 0 Å². The van der Waals surface area contributed by atoms with E-state index >= 15 is 0 Å². The molecule has 4 atom stereocenters. The number of allylic oxidation sites excluding steroid dienone is 2. The lowest BCUT2D eigenvalue weighted by atomic mass is 9.94. The number of aliphatic hydroxyl groups is 1. The summed E-state index contributed by atoms with van der Waals surface area (Å²) in [7, 11) is 0. The summed E-state index contributed by atoms with van der Waals surface area (Å²) in [6, 6.07) is 35.7. The minimum atomic E-state index is -0.745. The van der Waals surface area contributed by atoms with Gasteiger partial charge < -0.3 is 30.0 Å². The van der Waals surface area contributed by atoms with Crippen LogP contribution in [0, 0.1) is 11.8 Å². The van der Waals surface area contributed by atoms with E-state index in [4.69, 9.17) is 14.2 Å². The van der Waals surface area contributed by atoms with Crippen LogP contribution in [0.25, 0.3) is 0 Å². The van der Waals surface area contributed by atoms with Crippen molar-refractivity contribution in [2.24, 2.45) is 11.8 Å². The smallest absolute Gasteiger partial charge is 0.309 e. The highest BCUT2D eigenvalue weighted by Gasteiger charge is 2.27. The van der Waals surface area contributed by atoms with Gasteiger partial charge in [0.1, 0.15) is 19.0 Å². The Labute approximate surface area is 331 Å². The molecule has 0 saturated heterocycles. The highest BCUT2D eigenvalue weighted by molar-refractivity contribution is 5.86.